The van der Waals surface area contributed by atoms with Crippen molar-refractivity contribution in [2.45, 2.75) is 18.9 Å². The number of imidazole rings is 1. The van der Waals surface area contributed by atoms with Crippen LogP contribution >= 0.6 is 0 Å². The van der Waals surface area contributed by atoms with Gasteiger partial charge in [0.1, 0.15) is 5.69 Å². The fourth-order valence-corrected chi connectivity index (χ4v) is 4.24. The van der Waals surface area contributed by atoms with E-state index < -0.39 is 0 Å². The Hall–Kier alpha value is -3.65. The minimum absolute atomic E-state index is 0.462. The average molecular weight is 442 g/mol. The molecule has 0 amide bonds. The molecule has 2 N–H and O–H groups in total. The molecule has 1 aliphatic heterocycles. The Labute approximate surface area is 192 Å². The Morgan fingerprint density at radius 2 is 1.82 bits per heavy atom. The maximum Gasteiger partial charge on any atom is 0.155 e. The van der Waals surface area contributed by atoms with Crippen molar-refractivity contribution in [3.8, 4) is 11.3 Å². The number of anilines is 4. The summed E-state index contributed by atoms with van der Waals surface area (Å²) in [6, 6.07) is 15.1. The molecule has 1 aliphatic carbocycles. The van der Waals surface area contributed by atoms with Crippen molar-refractivity contribution in [3.63, 3.8) is 0 Å². The summed E-state index contributed by atoms with van der Waals surface area (Å²) < 4.78 is 7.48. The van der Waals surface area contributed by atoms with E-state index in [1.54, 1.807) is 6.20 Å². The number of rotatable bonds is 6. The van der Waals surface area contributed by atoms with Crippen molar-refractivity contribution in [3.05, 3.63) is 55.0 Å². The van der Waals surface area contributed by atoms with Crippen LogP contribution in [0.4, 0.5) is 23.0 Å². The van der Waals surface area contributed by atoms with Gasteiger partial charge in [0, 0.05) is 43.1 Å². The molecule has 4 aromatic rings. The highest BCUT2D eigenvalue weighted by molar-refractivity contribution is 5.94. The van der Waals surface area contributed by atoms with Crippen molar-refractivity contribution < 1.29 is 4.74 Å². The molecule has 0 spiro atoms. The summed E-state index contributed by atoms with van der Waals surface area (Å²) in [6.45, 7) is 3.42. The zero-order valence-electron chi connectivity index (χ0n) is 18.7. The minimum atomic E-state index is 0.462. The number of nitrogens with one attached hydrogen (secondary N) is 2. The summed E-state index contributed by atoms with van der Waals surface area (Å²) in [7, 11) is 2.01. The fraction of sp³-hybridized carbons (Fsp3) is 0.320. The molecular weight excluding hydrogens is 414 g/mol. The molecule has 0 unspecified atom stereocenters. The Morgan fingerprint density at radius 3 is 2.61 bits per heavy atom. The molecule has 1 saturated heterocycles. The SMILES string of the molecule is Cn1cnc2c(-c3ncc(Nc4ccc(N5CCOCC5)cc4)nc3NC3CC3)cccc21. The zero-order chi connectivity index (χ0) is 22.2. The highest BCUT2D eigenvalue weighted by Crippen LogP contribution is 2.34. The van der Waals surface area contributed by atoms with Gasteiger partial charge in [-0.3, -0.25) is 0 Å². The molecule has 2 aromatic heterocycles. The zero-order valence-corrected chi connectivity index (χ0v) is 18.7. The molecule has 0 bridgehead atoms. The molecule has 2 aliphatic rings. The van der Waals surface area contributed by atoms with E-state index in [1.807, 2.05) is 24.0 Å². The van der Waals surface area contributed by atoms with Gasteiger partial charge in [-0.2, -0.15) is 0 Å². The second-order valence-corrected chi connectivity index (χ2v) is 8.67. The molecule has 8 heteroatoms. The van der Waals surface area contributed by atoms with Crippen molar-refractivity contribution in [2.24, 2.45) is 7.05 Å². The third-order valence-electron chi connectivity index (χ3n) is 6.22. The van der Waals surface area contributed by atoms with Gasteiger partial charge < -0.3 is 24.8 Å². The van der Waals surface area contributed by atoms with Crippen LogP contribution in [0.2, 0.25) is 0 Å². The third kappa shape index (κ3) is 4.09. The van der Waals surface area contributed by atoms with E-state index >= 15 is 0 Å². The summed E-state index contributed by atoms with van der Waals surface area (Å²) in [6.07, 6.45) is 5.96. The molecule has 168 valence electrons. The normalized spacial score (nSPS) is 16.2. The first-order valence-electron chi connectivity index (χ1n) is 11.5. The largest absolute Gasteiger partial charge is 0.378 e. The number of aromatic nitrogens is 4. The number of nitrogens with zero attached hydrogens (tertiary/aromatic N) is 5. The highest BCUT2D eigenvalue weighted by Gasteiger charge is 2.24. The highest BCUT2D eigenvalue weighted by atomic mass is 16.5. The van der Waals surface area contributed by atoms with Crippen molar-refractivity contribution in [1.82, 2.24) is 19.5 Å². The van der Waals surface area contributed by atoms with E-state index in [4.69, 9.17) is 14.7 Å². The molecular formula is C25H27N7O. The van der Waals surface area contributed by atoms with Crippen LogP contribution in [0.1, 0.15) is 12.8 Å². The molecule has 6 rings (SSSR count). The lowest BCUT2D eigenvalue weighted by atomic mass is 10.1. The quantitative estimate of drug-likeness (QED) is 0.464. The number of para-hydroxylation sites is 1. The molecule has 33 heavy (non-hydrogen) atoms. The Morgan fingerprint density at radius 1 is 1.00 bits per heavy atom. The first-order chi connectivity index (χ1) is 16.2. The van der Waals surface area contributed by atoms with Crippen LogP contribution in [0.3, 0.4) is 0 Å². The van der Waals surface area contributed by atoms with Gasteiger partial charge in [-0.15, -0.1) is 0 Å². The van der Waals surface area contributed by atoms with Crippen molar-refractivity contribution >= 4 is 34.0 Å². The van der Waals surface area contributed by atoms with Gasteiger partial charge in [0.15, 0.2) is 11.6 Å². The standard InChI is InChI=1S/C25H27N7O/c1-31-16-27-23-20(3-2-4-21(23)31)24-25(29-18-5-6-18)30-22(15-26-24)28-17-7-9-19(10-8-17)32-11-13-33-14-12-32/h2-4,7-10,15-16,18H,5-6,11-14H2,1H3,(H2,28,29,30). The van der Waals surface area contributed by atoms with Gasteiger partial charge in [-0.25, -0.2) is 15.0 Å². The molecule has 0 atom stereocenters. The smallest absolute Gasteiger partial charge is 0.155 e. The number of benzene rings is 2. The molecule has 2 fully saturated rings. The first kappa shape index (κ1) is 20.0. The van der Waals surface area contributed by atoms with E-state index in [9.17, 15) is 0 Å². The maximum atomic E-state index is 5.45. The number of fused-ring (bicyclic) bond motifs is 1. The predicted molar refractivity (Wildman–Crippen MR) is 131 cm³/mol. The van der Waals surface area contributed by atoms with Gasteiger partial charge in [-0.05, 0) is 43.2 Å². The van der Waals surface area contributed by atoms with Gasteiger partial charge >= 0.3 is 0 Å². The van der Waals surface area contributed by atoms with Crippen molar-refractivity contribution in [2.75, 3.05) is 41.8 Å². The Kier molecular flexibility index (Phi) is 5.07. The van der Waals surface area contributed by atoms with Gasteiger partial charge in [0.25, 0.3) is 0 Å². The average Bonchev–Trinajstić information content (AvgIpc) is 3.60. The Balaban J connectivity index is 1.29. The van der Waals surface area contributed by atoms with E-state index in [2.05, 4.69) is 56.9 Å². The monoisotopic (exact) mass is 441 g/mol. The molecule has 3 heterocycles. The van der Waals surface area contributed by atoms with Crippen LogP contribution < -0.4 is 15.5 Å². The van der Waals surface area contributed by atoms with Crippen LogP contribution in [0.15, 0.2) is 55.0 Å². The summed E-state index contributed by atoms with van der Waals surface area (Å²) >= 11 is 0. The second-order valence-electron chi connectivity index (χ2n) is 8.67. The summed E-state index contributed by atoms with van der Waals surface area (Å²) in [5.74, 6) is 1.51. The molecule has 2 aromatic carbocycles. The van der Waals surface area contributed by atoms with Crippen LogP contribution in [-0.4, -0.2) is 51.9 Å². The molecule has 0 radical (unpaired) electrons. The van der Waals surface area contributed by atoms with Crippen LogP contribution in [0.5, 0.6) is 0 Å². The number of ether oxygens (including phenoxy) is 1. The molecule has 1 saturated carbocycles. The third-order valence-corrected chi connectivity index (χ3v) is 6.22. The van der Waals surface area contributed by atoms with E-state index in [1.165, 1.54) is 5.69 Å². The minimum Gasteiger partial charge on any atom is -0.378 e. The van der Waals surface area contributed by atoms with Crippen molar-refractivity contribution in [1.29, 1.82) is 0 Å². The summed E-state index contributed by atoms with van der Waals surface area (Å²) in [5.41, 5.74) is 6.04. The van der Waals surface area contributed by atoms with E-state index in [-0.39, 0.29) is 0 Å². The lowest BCUT2D eigenvalue weighted by Gasteiger charge is -2.28. The number of morpholine rings is 1. The van der Waals surface area contributed by atoms with Gasteiger partial charge in [0.05, 0.1) is 36.8 Å². The number of hydrogen-bond donors (Lipinski definition) is 2. The lowest BCUT2D eigenvalue weighted by molar-refractivity contribution is 0.122. The van der Waals surface area contributed by atoms with Crippen LogP contribution in [0, 0.1) is 0 Å². The molecule has 8 nitrogen and oxygen atoms in total. The second kappa shape index (κ2) is 8.37. The van der Waals surface area contributed by atoms with Crippen LogP contribution in [-0.2, 0) is 11.8 Å². The fourth-order valence-electron chi connectivity index (χ4n) is 4.24. The lowest BCUT2D eigenvalue weighted by Crippen LogP contribution is -2.36. The topological polar surface area (TPSA) is 80.1 Å². The predicted octanol–water partition coefficient (Wildman–Crippen LogP) is 4.18. The summed E-state index contributed by atoms with van der Waals surface area (Å²) in [5, 5.41) is 6.98. The van der Waals surface area contributed by atoms with E-state index in [0.717, 1.165) is 72.9 Å². The van der Waals surface area contributed by atoms with E-state index in [0.29, 0.717) is 11.9 Å². The van der Waals surface area contributed by atoms with Crippen LogP contribution in [0.25, 0.3) is 22.3 Å². The first-order valence-corrected chi connectivity index (χ1v) is 11.5. The maximum absolute atomic E-state index is 5.45. The number of aryl methyl sites for hydroxylation is 1. The summed E-state index contributed by atoms with van der Waals surface area (Å²) in [4.78, 5) is 16.7. The van der Waals surface area contributed by atoms with Gasteiger partial charge in [0.2, 0.25) is 0 Å². The van der Waals surface area contributed by atoms with Gasteiger partial charge in [-0.1, -0.05) is 12.1 Å². The Bertz CT molecular complexity index is 1270. The number of hydrogen-bond acceptors (Lipinski definition) is 7.